The van der Waals surface area contributed by atoms with Gasteiger partial charge in [0.05, 0.1) is 11.4 Å². The Morgan fingerprint density at radius 1 is 1.25 bits per heavy atom. The number of nitrogens with one attached hydrogen (secondary N) is 2. The summed E-state index contributed by atoms with van der Waals surface area (Å²) in [5, 5.41) is 5.32. The third-order valence-corrected chi connectivity index (χ3v) is 4.00. The van der Waals surface area contributed by atoms with E-state index in [4.69, 9.17) is 0 Å². The van der Waals surface area contributed by atoms with Crippen LogP contribution in [0.2, 0.25) is 0 Å². The molecule has 0 saturated heterocycles. The third kappa shape index (κ3) is 3.37. The zero-order valence-electron chi connectivity index (χ0n) is 13.3. The topological polar surface area (TPSA) is 61.4 Å². The molecule has 1 aliphatic heterocycles. The van der Waals surface area contributed by atoms with Crippen molar-refractivity contribution >= 4 is 23.2 Å². The number of halogens is 1. The van der Waals surface area contributed by atoms with Crippen LogP contribution in [0.1, 0.15) is 22.3 Å². The second-order valence-electron chi connectivity index (χ2n) is 5.66. The van der Waals surface area contributed by atoms with Crippen LogP contribution in [0.3, 0.4) is 0 Å². The van der Waals surface area contributed by atoms with Gasteiger partial charge in [-0.25, -0.2) is 4.39 Å². The first-order valence-corrected chi connectivity index (χ1v) is 7.72. The van der Waals surface area contributed by atoms with E-state index in [1.807, 2.05) is 17.0 Å². The van der Waals surface area contributed by atoms with Crippen molar-refractivity contribution in [1.29, 1.82) is 0 Å². The fourth-order valence-corrected chi connectivity index (χ4v) is 2.74. The van der Waals surface area contributed by atoms with Crippen LogP contribution in [0.4, 0.5) is 15.8 Å². The number of amides is 2. The van der Waals surface area contributed by atoms with E-state index in [0.717, 1.165) is 11.3 Å². The van der Waals surface area contributed by atoms with Crippen LogP contribution >= 0.6 is 0 Å². The Morgan fingerprint density at radius 3 is 2.71 bits per heavy atom. The maximum absolute atomic E-state index is 13.5. The molecular formula is C18H18FN3O2. The highest BCUT2D eigenvalue weighted by molar-refractivity contribution is 5.96. The van der Waals surface area contributed by atoms with E-state index in [1.165, 1.54) is 12.1 Å². The van der Waals surface area contributed by atoms with Gasteiger partial charge in [0.15, 0.2) is 0 Å². The predicted octanol–water partition coefficient (Wildman–Crippen LogP) is 2.53. The van der Waals surface area contributed by atoms with Crippen molar-refractivity contribution in [2.24, 2.45) is 0 Å². The highest BCUT2D eigenvalue weighted by Crippen LogP contribution is 2.30. The number of fused-ring (bicyclic) bond motifs is 1. The number of anilines is 2. The Labute approximate surface area is 139 Å². The van der Waals surface area contributed by atoms with Crippen LogP contribution in [-0.2, 0) is 11.3 Å². The van der Waals surface area contributed by atoms with Gasteiger partial charge in [0, 0.05) is 32.1 Å². The zero-order chi connectivity index (χ0) is 17.1. The van der Waals surface area contributed by atoms with Gasteiger partial charge in [-0.1, -0.05) is 12.1 Å². The molecule has 0 bridgehead atoms. The van der Waals surface area contributed by atoms with Crippen LogP contribution in [0.5, 0.6) is 0 Å². The first kappa shape index (κ1) is 16.0. The van der Waals surface area contributed by atoms with E-state index in [0.29, 0.717) is 30.8 Å². The van der Waals surface area contributed by atoms with E-state index in [2.05, 4.69) is 10.6 Å². The molecule has 2 amide bonds. The molecule has 2 N–H and O–H groups in total. The molecule has 24 heavy (non-hydrogen) atoms. The van der Waals surface area contributed by atoms with Crippen LogP contribution in [0, 0.1) is 5.82 Å². The fourth-order valence-electron chi connectivity index (χ4n) is 2.74. The van der Waals surface area contributed by atoms with Crippen molar-refractivity contribution in [2.45, 2.75) is 13.0 Å². The number of carbonyl (C=O) groups is 2. The quantitative estimate of drug-likeness (QED) is 0.911. The second-order valence-corrected chi connectivity index (χ2v) is 5.66. The monoisotopic (exact) mass is 327 g/mol. The number of carbonyl (C=O) groups excluding carboxylic acids is 2. The van der Waals surface area contributed by atoms with E-state index < -0.39 is 0 Å². The second kappa shape index (κ2) is 6.70. The third-order valence-electron chi connectivity index (χ3n) is 4.00. The molecule has 1 aliphatic rings. The number of nitrogens with zero attached hydrogens (tertiary/aromatic N) is 1. The van der Waals surface area contributed by atoms with Crippen molar-refractivity contribution in [1.82, 2.24) is 5.32 Å². The van der Waals surface area contributed by atoms with E-state index in [1.54, 1.807) is 25.2 Å². The summed E-state index contributed by atoms with van der Waals surface area (Å²) < 4.78 is 13.5. The lowest BCUT2D eigenvalue weighted by atomic mass is 10.1. The van der Waals surface area contributed by atoms with Gasteiger partial charge in [0.25, 0.3) is 5.91 Å². The Morgan fingerprint density at radius 2 is 2.00 bits per heavy atom. The summed E-state index contributed by atoms with van der Waals surface area (Å²) >= 11 is 0. The maximum Gasteiger partial charge on any atom is 0.251 e. The Balaban J connectivity index is 1.84. The van der Waals surface area contributed by atoms with Crippen molar-refractivity contribution in [3.8, 4) is 0 Å². The van der Waals surface area contributed by atoms with Crippen LogP contribution < -0.4 is 15.5 Å². The van der Waals surface area contributed by atoms with Crippen LogP contribution in [-0.4, -0.2) is 25.4 Å². The van der Waals surface area contributed by atoms with Gasteiger partial charge in [-0.2, -0.15) is 0 Å². The first-order chi connectivity index (χ1) is 11.6. The van der Waals surface area contributed by atoms with Crippen molar-refractivity contribution in [3.63, 3.8) is 0 Å². The molecule has 2 aromatic carbocycles. The van der Waals surface area contributed by atoms with Crippen LogP contribution in [0.25, 0.3) is 0 Å². The van der Waals surface area contributed by atoms with Gasteiger partial charge in [-0.15, -0.1) is 0 Å². The zero-order valence-corrected chi connectivity index (χ0v) is 13.3. The molecule has 0 radical (unpaired) electrons. The van der Waals surface area contributed by atoms with Crippen molar-refractivity contribution in [2.75, 3.05) is 23.8 Å². The summed E-state index contributed by atoms with van der Waals surface area (Å²) in [7, 11) is 1.59. The highest BCUT2D eigenvalue weighted by atomic mass is 19.1. The highest BCUT2D eigenvalue weighted by Gasteiger charge is 2.19. The van der Waals surface area contributed by atoms with Crippen LogP contribution in [0.15, 0.2) is 42.5 Å². The average Bonchev–Trinajstić information content (AvgIpc) is 2.73. The molecule has 0 unspecified atom stereocenters. The Bertz CT molecular complexity index is 774. The molecule has 0 saturated carbocycles. The SMILES string of the molecule is CNC(=O)c1ccc(CN2CCC(=O)Nc3cc(F)ccc32)cc1. The number of rotatable bonds is 3. The van der Waals surface area contributed by atoms with Crippen molar-refractivity contribution < 1.29 is 14.0 Å². The number of hydrogen-bond acceptors (Lipinski definition) is 3. The Kier molecular flexibility index (Phi) is 4.46. The summed E-state index contributed by atoms with van der Waals surface area (Å²) in [6, 6.07) is 11.7. The molecule has 0 atom stereocenters. The van der Waals surface area contributed by atoms with Gasteiger partial charge in [-0.05, 0) is 35.9 Å². The largest absolute Gasteiger partial charge is 0.365 e. The lowest BCUT2D eigenvalue weighted by Crippen LogP contribution is -2.24. The van der Waals surface area contributed by atoms with Gasteiger partial charge in [0.1, 0.15) is 5.82 Å². The lowest BCUT2D eigenvalue weighted by molar-refractivity contribution is -0.115. The van der Waals surface area contributed by atoms with E-state index in [-0.39, 0.29) is 17.6 Å². The van der Waals surface area contributed by atoms with E-state index >= 15 is 0 Å². The average molecular weight is 327 g/mol. The summed E-state index contributed by atoms with van der Waals surface area (Å²) in [6.07, 6.45) is 0.340. The molecule has 0 aliphatic carbocycles. The molecule has 0 spiro atoms. The summed E-state index contributed by atoms with van der Waals surface area (Å²) in [5.41, 5.74) is 2.88. The molecule has 6 heteroatoms. The molecule has 2 aromatic rings. The maximum atomic E-state index is 13.5. The minimum Gasteiger partial charge on any atom is -0.365 e. The normalized spacial score (nSPS) is 13.8. The van der Waals surface area contributed by atoms with E-state index in [9.17, 15) is 14.0 Å². The molecule has 5 nitrogen and oxygen atoms in total. The lowest BCUT2D eigenvalue weighted by Gasteiger charge is -2.24. The summed E-state index contributed by atoms with van der Waals surface area (Å²) in [5.74, 6) is -0.642. The molecule has 0 fully saturated rings. The smallest absolute Gasteiger partial charge is 0.251 e. The number of hydrogen-bond donors (Lipinski definition) is 2. The fraction of sp³-hybridized carbons (Fsp3) is 0.222. The first-order valence-electron chi connectivity index (χ1n) is 7.72. The standard InChI is InChI=1S/C18H18FN3O2/c1-20-18(24)13-4-2-12(3-5-13)11-22-9-8-17(23)21-15-10-14(19)6-7-16(15)22/h2-7,10H,8-9,11H2,1H3,(H,20,24)(H,21,23). The van der Waals surface area contributed by atoms with Gasteiger partial charge < -0.3 is 15.5 Å². The van der Waals surface area contributed by atoms with Gasteiger partial charge >= 0.3 is 0 Å². The molecule has 1 heterocycles. The van der Waals surface area contributed by atoms with Crippen molar-refractivity contribution in [3.05, 3.63) is 59.4 Å². The minimum atomic E-state index is -0.383. The van der Waals surface area contributed by atoms with Gasteiger partial charge in [0.2, 0.25) is 5.91 Å². The Hall–Kier alpha value is -2.89. The van der Waals surface area contributed by atoms with Gasteiger partial charge in [-0.3, -0.25) is 9.59 Å². The minimum absolute atomic E-state index is 0.126. The summed E-state index contributed by atoms with van der Waals surface area (Å²) in [6.45, 7) is 1.11. The molecular weight excluding hydrogens is 309 g/mol. The molecule has 0 aromatic heterocycles. The predicted molar refractivity (Wildman–Crippen MR) is 90.5 cm³/mol. The summed E-state index contributed by atoms with van der Waals surface area (Å²) in [4.78, 5) is 25.4. The molecule has 3 rings (SSSR count). The molecule has 124 valence electrons. The number of benzene rings is 2.